The molecule has 1 fully saturated rings. The molecule has 1 heterocycles. The number of hydrogen-bond acceptors (Lipinski definition) is 5. The van der Waals surface area contributed by atoms with Gasteiger partial charge in [0.05, 0.1) is 0 Å². The molecule has 0 spiro atoms. The topological polar surface area (TPSA) is 58.6 Å². The first-order chi connectivity index (χ1) is 12.1. The number of para-hydroxylation sites is 1. The molecule has 0 amide bonds. The van der Waals surface area contributed by atoms with E-state index in [9.17, 15) is 9.90 Å². The van der Waals surface area contributed by atoms with E-state index >= 15 is 0 Å². The summed E-state index contributed by atoms with van der Waals surface area (Å²) in [6, 6.07) is 11.6. The van der Waals surface area contributed by atoms with Crippen LogP contribution in [0.3, 0.4) is 0 Å². The van der Waals surface area contributed by atoms with Crippen LogP contribution in [0.15, 0.2) is 36.4 Å². The molecule has 2 aromatic rings. The second-order valence-electron chi connectivity index (χ2n) is 7.00. The van der Waals surface area contributed by atoms with Gasteiger partial charge in [0.1, 0.15) is 18.0 Å². The monoisotopic (exact) mass is 357 g/mol. The van der Waals surface area contributed by atoms with Crippen LogP contribution < -0.4 is 10.1 Å². The minimum absolute atomic E-state index is 0.00659. The van der Waals surface area contributed by atoms with E-state index in [0.29, 0.717) is 6.54 Å². The molecule has 4 atom stereocenters. The number of aryl methyl sites for hydroxylation is 2. The SMILES string of the molecule is Cc1cc2c(s1)CCC(CN[C@@H]1C[C@@H](Oc3ccccc3)[C@@H]1O)C2=O. The fourth-order valence-electron chi connectivity index (χ4n) is 3.69. The number of carbonyl (C=O) groups is 1. The maximum absolute atomic E-state index is 12.6. The molecule has 0 radical (unpaired) electrons. The number of Topliss-reactive ketones (excluding diaryl/α,β-unsaturated/α-hetero) is 1. The van der Waals surface area contributed by atoms with Gasteiger partial charge in [0.15, 0.2) is 5.78 Å². The lowest BCUT2D eigenvalue weighted by molar-refractivity contribution is -0.0661. The zero-order valence-electron chi connectivity index (χ0n) is 14.3. The van der Waals surface area contributed by atoms with E-state index in [0.717, 1.165) is 30.6 Å². The van der Waals surface area contributed by atoms with Crippen LogP contribution in [0.2, 0.25) is 0 Å². The Bertz CT molecular complexity index is 758. The third-order valence-electron chi connectivity index (χ3n) is 5.22. The summed E-state index contributed by atoms with van der Waals surface area (Å²) in [5.41, 5.74) is 0.917. The van der Waals surface area contributed by atoms with Crippen molar-refractivity contribution in [3.05, 3.63) is 51.7 Å². The highest BCUT2D eigenvalue weighted by Gasteiger charge is 2.42. The van der Waals surface area contributed by atoms with Gasteiger partial charge in [0.25, 0.3) is 0 Å². The summed E-state index contributed by atoms with van der Waals surface area (Å²) >= 11 is 1.74. The maximum atomic E-state index is 12.6. The van der Waals surface area contributed by atoms with Crippen LogP contribution >= 0.6 is 11.3 Å². The third-order valence-corrected chi connectivity index (χ3v) is 6.34. The van der Waals surface area contributed by atoms with Crippen LogP contribution in [0, 0.1) is 12.8 Å². The number of rotatable bonds is 5. The van der Waals surface area contributed by atoms with Crippen LogP contribution in [0.25, 0.3) is 0 Å². The van der Waals surface area contributed by atoms with Crippen molar-refractivity contribution >= 4 is 17.1 Å². The summed E-state index contributed by atoms with van der Waals surface area (Å²) in [6.45, 7) is 2.69. The molecule has 0 bridgehead atoms. The van der Waals surface area contributed by atoms with Crippen LogP contribution in [0.1, 0.15) is 33.0 Å². The Morgan fingerprint density at radius 2 is 2.12 bits per heavy atom. The zero-order valence-corrected chi connectivity index (χ0v) is 15.1. The van der Waals surface area contributed by atoms with Gasteiger partial charge in [0.2, 0.25) is 0 Å². The highest BCUT2D eigenvalue weighted by atomic mass is 32.1. The summed E-state index contributed by atoms with van der Waals surface area (Å²) in [7, 11) is 0. The molecule has 0 aliphatic heterocycles. The quantitative estimate of drug-likeness (QED) is 0.864. The smallest absolute Gasteiger partial charge is 0.168 e. The first kappa shape index (κ1) is 16.8. The second-order valence-corrected chi connectivity index (χ2v) is 8.35. The molecule has 4 nitrogen and oxygen atoms in total. The number of ketones is 1. The van der Waals surface area contributed by atoms with E-state index in [-0.39, 0.29) is 23.8 Å². The van der Waals surface area contributed by atoms with Gasteiger partial charge in [-0.25, -0.2) is 0 Å². The Morgan fingerprint density at radius 3 is 2.88 bits per heavy atom. The maximum Gasteiger partial charge on any atom is 0.168 e. The molecule has 1 saturated carbocycles. The predicted octanol–water partition coefficient (Wildman–Crippen LogP) is 2.97. The van der Waals surface area contributed by atoms with Gasteiger partial charge in [-0.2, -0.15) is 0 Å². The summed E-state index contributed by atoms with van der Waals surface area (Å²) in [4.78, 5) is 15.1. The van der Waals surface area contributed by atoms with E-state index in [2.05, 4.69) is 12.2 Å². The summed E-state index contributed by atoms with van der Waals surface area (Å²) < 4.78 is 5.80. The van der Waals surface area contributed by atoms with Crippen molar-refractivity contribution in [3.63, 3.8) is 0 Å². The standard InChI is InChI=1S/C20H23NO3S/c1-12-9-15-18(25-12)8-7-13(19(15)22)11-21-16-10-17(20(16)23)24-14-5-3-2-4-6-14/h2-6,9,13,16-17,20-21,23H,7-8,10-11H2,1H3/t13?,16-,17-,20-/m1/s1. The van der Waals surface area contributed by atoms with Crippen LogP contribution in [-0.2, 0) is 6.42 Å². The van der Waals surface area contributed by atoms with Crippen molar-refractivity contribution in [2.45, 2.75) is 44.4 Å². The number of fused-ring (bicyclic) bond motifs is 1. The predicted molar refractivity (Wildman–Crippen MR) is 98.5 cm³/mol. The molecule has 25 heavy (non-hydrogen) atoms. The van der Waals surface area contributed by atoms with E-state index in [4.69, 9.17) is 4.74 Å². The third kappa shape index (κ3) is 3.36. The number of ether oxygens (including phenoxy) is 1. The summed E-state index contributed by atoms with van der Waals surface area (Å²) in [5, 5.41) is 13.7. The largest absolute Gasteiger partial charge is 0.488 e. The minimum Gasteiger partial charge on any atom is -0.488 e. The number of hydrogen-bond donors (Lipinski definition) is 2. The Labute approximate surface area is 151 Å². The number of nitrogens with one attached hydrogen (secondary N) is 1. The van der Waals surface area contributed by atoms with E-state index in [1.165, 1.54) is 9.75 Å². The van der Waals surface area contributed by atoms with E-state index in [1.807, 2.05) is 36.4 Å². The number of aliphatic hydroxyl groups excluding tert-OH is 1. The molecule has 1 unspecified atom stereocenters. The van der Waals surface area contributed by atoms with E-state index in [1.54, 1.807) is 11.3 Å². The molecule has 1 aromatic carbocycles. The Kier molecular flexibility index (Phi) is 4.63. The Hall–Kier alpha value is -1.69. The molecule has 0 saturated heterocycles. The Balaban J connectivity index is 1.28. The molecule has 2 N–H and O–H groups in total. The van der Waals surface area contributed by atoms with Crippen LogP contribution in [0.4, 0.5) is 0 Å². The highest BCUT2D eigenvalue weighted by molar-refractivity contribution is 7.12. The first-order valence-electron chi connectivity index (χ1n) is 8.88. The average Bonchev–Trinajstić information content (AvgIpc) is 3.01. The summed E-state index contributed by atoms with van der Waals surface area (Å²) in [5.74, 6) is 1.06. The normalized spacial score (nSPS) is 28.3. The lowest BCUT2D eigenvalue weighted by atomic mass is 9.83. The van der Waals surface area contributed by atoms with Gasteiger partial charge in [-0.05, 0) is 38.0 Å². The fraction of sp³-hybridized carbons (Fsp3) is 0.450. The number of carbonyl (C=O) groups excluding carboxylic acids is 1. The van der Waals surface area contributed by atoms with Crippen molar-refractivity contribution in [2.75, 3.05) is 6.54 Å². The first-order valence-corrected chi connectivity index (χ1v) is 9.70. The summed E-state index contributed by atoms with van der Waals surface area (Å²) in [6.07, 6.45) is 1.94. The van der Waals surface area contributed by atoms with Crippen molar-refractivity contribution in [2.24, 2.45) is 5.92 Å². The van der Waals surface area contributed by atoms with E-state index < -0.39 is 6.10 Å². The lowest BCUT2D eigenvalue weighted by Gasteiger charge is -2.42. The molecule has 1 aromatic heterocycles. The van der Waals surface area contributed by atoms with Crippen molar-refractivity contribution in [1.29, 1.82) is 0 Å². The molecule has 2 aliphatic carbocycles. The van der Waals surface area contributed by atoms with Crippen LogP contribution in [0.5, 0.6) is 5.75 Å². The van der Waals surface area contributed by atoms with Gasteiger partial charge in [-0.15, -0.1) is 11.3 Å². The molecule has 132 valence electrons. The van der Waals surface area contributed by atoms with Gasteiger partial charge in [-0.3, -0.25) is 4.79 Å². The van der Waals surface area contributed by atoms with Crippen LogP contribution in [-0.4, -0.2) is 35.7 Å². The number of benzene rings is 1. The van der Waals surface area contributed by atoms with Gasteiger partial charge >= 0.3 is 0 Å². The second kappa shape index (κ2) is 6.90. The van der Waals surface area contributed by atoms with Gasteiger partial charge in [-0.1, -0.05) is 18.2 Å². The van der Waals surface area contributed by atoms with Crippen molar-refractivity contribution < 1.29 is 14.6 Å². The molecular weight excluding hydrogens is 334 g/mol. The lowest BCUT2D eigenvalue weighted by Crippen LogP contribution is -2.61. The van der Waals surface area contributed by atoms with Crippen molar-refractivity contribution in [1.82, 2.24) is 5.32 Å². The van der Waals surface area contributed by atoms with Gasteiger partial charge < -0.3 is 15.2 Å². The zero-order chi connectivity index (χ0) is 17.4. The fourth-order valence-corrected chi connectivity index (χ4v) is 4.74. The van der Waals surface area contributed by atoms with Gasteiger partial charge in [0, 0.05) is 40.2 Å². The highest BCUT2D eigenvalue weighted by Crippen LogP contribution is 2.32. The minimum atomic E-state index is -0.530. The molecular formula is C20H23NO3S. The van der Waals surface area contributed by atoms with Crippen molar-refractivity contribution in [3.8, 4) is 5.75 Å². The average molecular weight is 357 g/mol. The molecule has 2 aliphatic rings. The number of aliphatic hydroxyl groups is 1. The number of thiophene rings is 1. The molecule has 4 rings (SSSR count). The Morgan fingerprint density at radius 1 is 1.32 bits per heavy atom. The molecule has 5 heteroatoms.